The van der Waals surface area contributed by atoms with E-state index in [1.165, 1.54) is 6.08 Å². The highest BCUT2D eigenvalue weighted by Crippen LogP contribution is 2.02. The van der Waals surface area contributed by atoms with E-state index in [4.69, 9.17) is 5.11 Å². The molecule has 0 aliphatic carbocycles. The van der Waals surface area contributed by atoms with E-state index in [0.29, 0.717) is 11.6 Å². The summed E-state index contributed by atoms with van der Waals surface area (Å²) in [5, 5.41) is 12.6. The van der Waals surface area contributed by atoms with Crippen LogP contribution < -0.4 is 0 Å². The SMILES string of the molecule is CC(C)Cn1ccc(C=CC(=O)O)n1. The molecule has 0 bridgehead atoms. The second-order valence-electron chi connectivity index (χ2n) is 3.53. The van der Waals surface area contributed by atoms with Crippen LogP contribution in [0.5, 0.6) is 0 Å². The molecule has 1 heterocycles. The minimum atomic E-state index is -0.955. The van der Waals surface area contributed by atoms with Gasteiger partial charge in [0.25, 0.3) is 0 Å². The van der Waals surface area contributed by atoms with Gasteiger partial charge in [0.05, 0.1) is 5.69 Å². The molecule has 1 aromatic heterocycles. The molecule has 76 valence electrons. The lowest BCUT2D eigenvalue weighted by molar-refractivity contribution is -0.131. The van der Waals surface area contributed by atoms with E-state index >= 15 is 0 Å². The third-order valence-corrected chi connectivity index (χ3v) is 1.61. The molecule has 1 rings (SSSR count). The van der Waals surface area contributed by atoms with Gasteiger partial charge in [-0.25, -0.2) is 4.79 Å². The van der Waals surface area contributed by atoms with Crippen LogP contribution in [0.2, 0.25) is 0 Å². The summed E-state index contributed by atoms with van der Waals surface area (Å²) in [5.41, 5.74) is 0.674. The molecule has 0 radical (unpaired) electrons. The molecule has 14 heavy (non-hydrogen) atoms. The van der Waals surface area contributed by atoms with Gasteiger partial charge in [0.1, 0.15) is 0 Å². The standard InChI is InChI=1S/C10H14N2O2/c1-8(2)7-12-6-5-9(11-12)3-4-10(13)14/h3-6,8H,7H2,1-2H3,(H,13,14). The first kappa shape index (κ1) is 10.5. The molecule has 0 amide bonds. The van der Waals surface area contributed by atoms with Crippen LogP contribution in [-0.4, -0.2) is 20.9 Å². The molecule has 1 N–H and O–H groups in total. The summed E-state index contributed by atoms with van der Waals surface area (Å²) in [6.07, 6.45) is 4.42. The Balaban J connectivity index is 2.63. The molecule has 0 saturated carbocycles. The minimum Gasteiger partial charge on any atom is -0.478 e. The Hall–Kier alpha value is -1.58. The molecule has 0 saturated heterocycles. The monoisotopic (exact) mass is 194 g/mol. The van der Waals surface area contributed by atoms with Crippen molar-refractivity contribution in [2.75, 3.05) is 0 Å². The van der Waals surface area contributed by atoms with E-state index in [0.717, 1.165) is 12.6 Å². The molecule has 0 aliphatic heterocycles. The summed E-state index contributed by atoms with van der Waals surface area (Å²) in [4.78, 5) is 10.2. The van der Waals surface area contributed by atoms with Crippen molar-refractivity contribution in [2.24, 2.45) is 5.92 Å². The van der Waals surface area contributed by atoms with Crippen molar-refractivity contribution in [3.8, 4) is 0 Å². The second kappa shape index (κ2) is 4.60. The Labute approximate surface area is 82.9 Å². The van der Waals surface area contributed by atoms with Crippen LogP contribution in [0.3, 0.4) is 0 Å². The molecule has 0 atom stereocenters. The van der Waals surface area contributed by atoms with Gasteiger partial charge in [-0.05, 0) is 18.1 Å². The lowest BCUT2D eigenvalue weighted by atomic mass is 10.2. The van der Waals surface area contributed by atoms with E-state index < -0.39 is 5.97 Å². The zero-order chi connectivity index (χ0) is 10.6. The number of carbonyl (C=O) groups is 1. The molecule has 4 nitrogen and oxygen atoms in total. The number of carboxylic acids is 1. The molecular weight excluding hydrogens is 180 g/mol. The Morgan fingerprint density at radius 2 is 2.43 bits per heavy atom. The molecule has 4 heteroatoms. The summed E-state index contributed by atoms with van der Waals surface area (Å²) in [6, 6.07) is 1.79. The van der Waals surface area contributed by atoms with Crippen LogP contribution in [0.4, 0.5) is 0 Å². The Bertz CT molecular complexity index is 340. The molecule has 1 aromatic rings. The van der Waals surface area contributed by atoms with Crippen LogP contribution in [0.15, 0.2) is 18.3 Å². The molecule has 0 aromatic carbocycles. The molecule has 0 aliphatic rings. The average Bonchev–Trinajstić information content (AvgIpc) is 2.47. The quantitative estimate of drug-likeness (QED) is 0.741. The van der Waals surface area contributed by atoms with Crippen LogP contribution in [0, 0.1) is 5.92 Å². The largest absolute Gasteiger partial charge is 0.478 e. The summed E-state index contributed by atoms with van der Waals surface area (Å²) in [6.45, 7) is 5.06. The van der Waals surface area contributed by atoms with Gasteiger partial charge in [0.2, 0.25) is 0 Å². The van der Waals surface area contributed by atoms with Gasteiger partial charge in [0.15, 0.2) is 0 Å². The van der Waals surface area contributed by atoms with Crippen LogP contribution >= 0.6 is 0 Å². The lowest BCUT2D eigenvalue weighted by Crippen LogP contribution is -2.04. The molecule has 0 spiro atoms. The van der Waals surface area contributed by atoms with E-state index in [9.17, 15) is 4.79 Å². The van der Waals surface area contributed by atoms with Crippen molar-refractivity contribution in [3.63, 3.8) is 0 Å². The van der Waals surface area contributed by atoms with Crippen molar-refractivity contribution < 1.29 is 9.90 Å². The summed E-state index contributed by atoms with van der Waals surface area (Å²) >= 11 is 0. The minimum absolute atomic E-state index is 0.534. The molecule has 0 fully saturated rings. The van der Waals surface area contributed by atoms with Gasteiger partial charge >= 0.3 is 5.97 Å². The van der Waals surface area contributed by atoms with Gasteiger partial charge in [-0.3, -0.25) is 4.68 Å². The maximum Gasteiger partial charge on any atom is 0.328 e. The first-order valence-corrected chi connectivity index (χ1v) is 4.52. The number of aliphatic carboxylic acids is 1. The van der Waals surface area contributed by atoms with E-state index in [1.807, 2.05) is 10.9 Å². The van der Waals surface area contributed by atoms with Gasteiger partial charge in [-0.1, -0.05) is 13.8 Å². The normalized spacial score (nSPS) is 11.4. The van der Waals surface area contributed by atoms with Crippen LogP contribution in [0.1, 0.15) is 19.5 Å². The van der Waals surface area contributed by atoms with Crippen molar-refractivity contribution in [1.29, 1.82) is 0 Å². The lowest BCUT2D eigenvalue weighted by Gasteiger charge is -2.03. The van der Waals surface area contributed by atoms with Gasteiger partial charge in [-0.2, -0.15) is 5.10 Å². The highest BCUT2D eigenvalue weighted by atomic mass is 16.4. The van der Waals surface area contributed by atoms with Crippen LogP contribution in [0.25, 0.3) is 6.08 Å². The first-order chi connectivity index (χ1) is 6.58. The summed E-state index contributed by atoms with van der Waals surface area (Å²) in [7, 11) is 0. The molecular formula is C10H14N2O2. The van der Waals surface area contributed by atoms with Gasteiger partial charge in [-0.15, -0.1) is 0 Å². The smallest absolute Gasteiger partial charge is 0.328 e. The number of carboxylic acid groups (broad SMARTS) is 1. The summed E-state index contributed by atoms with van der Waals surface area (Å²) < 4.78 is 1.81. The maximum absolute atomic E-state index is 10.2. The number of hydrogen-bond acceptors (Lipinski definition) is 2. The van der Waals surface area contributed by atoms with Crippen molar-refractivity contribution in [3.05, 3.63) is 24.0 Å². The predicted octanol–water partition coefficient (Wildman–Crippen LogP) is 1.64. The van der Waals surface area contributed by atoms with Gasteiger partial charge < -0.3 is 5.11 Å². The second-order valence-corrected chi connectivity index (χ2v) is 3.53. The highest BCUT2D eigenvalue weighted by molar-refractivity contribution is 5.84. The van der Waals surface area contributed by atoms with E-state index in [1.54, 1.807) is 6.07 Å². The number of aromatic nitrogens is 2. The fraction of sp³-hybridized carbons (Fsp3) is 0.400. The van der Waals surface area contributed by atoms with Crippen molar-refractivity contribution in [1.82, 2.24) is 9.78 Å². The third-order valence-electron chi connectivity index (χ3n) is 1.61. The zero-order valence-electron chi connectivity index (χ0n) is 8.34. The Kier molecular flexibility index (Phi) is 3.45. The fourth-order valence-electron chi connectivity index (χ4n) is 1.10. The first-order valence-electron chi connectivity index (χ1n) is 4.52. The fourth-order valence-corrected chi connectivity index (χ4v) is 1.10. The van der Waals surface area contributed by atoms with Crippen molar-refractivity contribution >= 4 is 12.0 Å². The molecule has 0 unspecified atom stereocenters. The van der Waals surface area contributed by atoms with E-state index in [-0.39, 0.29) is 0 Å². The maximum atomic E-state index is 10.2. The number of rotatable bonds is 4. The predicted molar refractivity (Wildman–Crippen MR) is 53.7 cm³/mol. The average molecular weight is 194 g/mol. The Morgan fingerprint density at radius 3 is 3.00 bits per heavy atom. The number of nitrogens with zero attached hydrogens (tertiary/aromatic N) is 2. The zero-order valence-corrected chi connectivity index (χ0v) is 8.34. The van der Waals surface area contributed by atoms with Crippen molar-refractivity contribution in [2.45, 2.75) is 20.4 Å². The van der Waals surface area contributed by atoms with Crippen LogP contribution in [-0.2, 0) is 11.3 Å². The Morgan fingerprint density at radius 1 is 1.71 bits per heavy atom. The summed E-state index contributed by atoms with van der Waals surface area (Å²) in [5.74, 6) is -0.422. The third kappa shape index (κ3) is 3.43. The van der Waals surface area contributed by atoms with E-state index in [2.05, 4.69) is 18.9 Å². The topological polar surface area (TPSA) is 55.1 Å². The number of hydrogen-bond donors (Lipinski definition) is 1. The highest BCUT2D eigenvalue weighted by Gasteiger charge is 1.98. The van der Waals surface area contributed by atoms with Gasteiger partial charge in [0, 0.05) is 18.8 Å².